The Labute approximate surface area is 122 Å². The SMILES string of the molecule is CN(CC(=O)c1coc2ccccc12)Cc1nccn1C. The number of benzene rings is 1. The van der Waals surface area contributed by atoms with E-state index < -0.39 is 0 Å². The minimum Gasteiger partial charge on any atom is -0.464 e. The maximum absolute atomic E-state index is 12.4. The second kappa shape index (κ2) is 5.54. The average Bonchev–Trinajstić information content (AvgIpc) is 3.05. The molecule has 108 valence electrons. The van der Waals surface area contributed by atoms with Crippen molar-refractivity contribution in [2.45, 2.75) is 6.54 Å². The van der Waals surface area contributed by atoms with E-state index in [2.05, 4.69) is 4.98 Å². The molecule has 0 bridgehead atoms. The average molecular weight is 283 g/mol. The van der Waals surface area contributed by atoms with E-state index in [9.17, 15) is 4.79 Å². The van der Waals surface area contributed by atoms with Crippen LogP contribution in [0.25, 0.3) is 11.0 Å². The number of fused-ring (bicyclic) bond motifs is 1. The first-order valence-corrected chi connectivity index (χ1v) is 6.79. The van der Waals surface area contributed by atoms with Gasteiger partial charge in [-0.25, -0.2) is 4.98 Å². The van der Waals surface area contributed by atoms with Crippen molar-refractivity contribution in [1.82, 2.24) is 14.5 Å². The van der Waals surface area contributed by atoms with Crippen molar-refractivity contribution < 1.29 is 9.21 Å². The Morgan fingerprint density at radius 1 is 1.38 bits per heavy atom. The molecular formula is C16H17N3O2. The van der Waals surface area contributed by atoms with Crippen molar-refractivity contribution in [3.63, 3.8) is 0 Å². The molecular weight excluding hydrogens is 266 g/mol. The fourth-order valence-corrected chi connectivity index (χ4v) is 2.37. The van der Waals surface area contributed by atoms with Crippen LogP contribution in [0.15, 0.2) is 47.3 Å². The number of Topliss-reactive ketones (excluding diaryl/α,β-unsaturated/α-hetero) is 1. The predicted molar refractivity (Wildman–Crippen MR) is 80.1 cm³/mol. The van der Waals surface area contributed by atoms with Crippen molar-refractivity contribution in [2.75, 3.05) is 13.6 Å². The van der Waals surface area contributed by atoms with Crippen LogP contribution in [0, 0.1) is 0 Å². The number of carbonyl (C=O) groups is 1. The van der Waals surface area contributed by atoms with Gasteiger partial charge in [-0.15, -0.1) is 0 Å². The Morgan fingerprint density at radius 2 is 2.19 bits per heavy atom. The molecule has 0 amide bonds. The van der Waals surface area contributed by atoms with Crippen LogP contribution in [0.4, 0.5) is 0 Å². The monoisotopic (exact) mass is 283 g/mol. The first-order valence-electron chi connectivity index (χ1n) is 6.79. The van der Waals surface area contributed by atoms with Gasteiger partial charge >= 0.3 is 0 Å². The largest absolute Gasteiger partial charge is 0.464 e. The van der Waals surface area contributed by atoms with Crippen LogP contribution in [-0.2, 0) is 13.6 Å². The highest BCUT2D eigenvalue weighted by Crippen LogP contribution is 2.21. The smallest absolute Gasteiger partial charge is 0.180 e. The number of furan rings is 1. The van der Waals surface area contributed by atoms with E-state index >= 15 is 0 Å². The number of hydrogen-bond acceptors (Lipinski definition) is 4. The van der Waals surface area contributed by atoms with Gasteiger partial charge < -0.3 is 8.98 Å². The van der Waals surface area contributed by atoms with Crippen molar-refractivity contribution in [2.24, 2.45) is 7.05 Å². The molecule has 0 saturated heterocycles. The zero-order valence-corrected chi connectivity index (χ0v) is 12.1. The zero-order chi connectivity index (χ0) is 14.8. The molecule has 0 aliphatic heterocycles. The lowest BCUT2D eigenvalue weighted by molar-refractivity contribution is 0.0942. The van der Waals surface area contributed by atoms with Crippen molar-refractivity contribution >= 4 is 16.8 Å². The van der Waals surface area contributed by atoms with Crippen molar-refractivity contribution in [1.29, 1.82) is 0 Å². The molecule has 3 rings (SSSR count). The summed E-state index contributed by atoms with van der Waals surface area (Å²) in [7, 11) is 3.86. The van der Waals surface area contributed by atoms with Gasteiger partial charge in [0, 0.05) is 24.8 Å². The lowest BCUT2D eigenvalue weighted by Gasteiger charge is -2.14. The molecule has 2 aromatic heterocycles. The van der Waals surface area contributed by atoms with Crippen LogP contribution in [0.5, 0.6) is 0 Å². The summed E-state index contributed by atoms with van der Waals surface area (Å²) in [5.41, 5.74) is 1.38. The Bertz CT molecular complexity index is 773. The number of carbonyl (C=O) groups excluding carboxylic acids is 1. The molecule has 0 aliphatic carbocycles. The van der Waals surface area contributed by atoms with Crippen LogP contribution in [0.1, 0.15) is 16.2 Å². The molecule has 0 aliphatic rings. The highest BCUT2D eigenvalue weighted by molar-refractivity contribution is 6.08. The van der Waals surface area contributed by atoms with Crippen LogP contribution >= 0.6 is 0 Å². The number of nitrogens with zero attached hydrogens (tertiary/aromatic N) is 3. The number of imidazole rings is 1. The number of likely N-dealkylation sites (N-methyl/N-ethyl adjacent to an activating group) is 1. The number of ketones is 1. The summed E-state index contributed by atoms with van der Waals surface area (Å²) < 4.78 is 7.37. The molecule has 0 atom stereocenters. The van der Waals surface area contributed by atoms with Gasteiger partial charge in [0.05, 0.1) is 18.7 Å². The summed E-state index contributed by atoms with van der Waals surface area (Å²) >= 11 is 0. The van der Waals surface area contributed by atoms with Crippen LogP contribution in [0.3, 0.4) is 0 Å². The Hall–Kier alpha value is -2.40. The number of aromatic nitrogens is 2. The fourth-order valence-electron chi connectivity index (χ4n) is 2.37. The summed E-state index contributed by atoms with van der Waals surface area (Å²) in [5, 5.41) is 0.868. The molecule has 1 aromatic carbocycles. The summed E-state index contributed by atoms with van der Waals surface area (Å²) in [6.07, 6.45) is 5.20. The highest BCUT2D eigenvalue weighted by Gasteiger charge is 2.16. The molecule has 2 heterocycles. The lowest BCUT2D eigenvalue weighted by atomic mass is 10.1. The van der Waals surface area contributed by atoms with Crippen molar-refractivity contribution in [3.8, 4) is 0 Å². The van der Waals surface area contributed by atoms with E-state index in [1.165, 1.54) is 0 Å². The maximum atomic E-state index is 12.4. The number of para-hydroxylation sites is 1. The molecule has 0 unspecified atom stereocenters. The lowest BCUT2D eigenvalue weighted by Crippen LogP contribution is -2.26. The van der Waals surface area contributed by atoms with Crippen LogP contribution in [-0.4, -0.2) is 33.8 Å². The molecule has 0 fully saturated rings. The fraction of sp³-hybridized carbons (Fsp3) is 0.250. The van der Waals surface area contributed by atoms with Gasteiger partial charge in [0.1, 0.15) is 17.7 Å². The molecule has 0 N–H and O–H groups in total. The molecule has 21 heavy (non-hydrogen) atoms. The third-order valence-corrected chi connectivity index (χ3v) is 3.53. The minimum atomic E-state index is 0.0525. The van der Waals surface area contributed by atoms with Gasteiger partial charge in [0.2, 0.25) is 0 Å². The molecule has 3 aromatic rings. The number of aryl methyl sites for hydroxylation is 1. The first-order chi connectivity index (χ1) is 10.1. The zero-order valence-electron chi connectivity index (χ0n) is 12.1. The van der Waals surface area contributed by atoms with E-state index in [1.54, 1.807) is 12.5 Å². The number of rotatable bonds is 5. The third-order valence-electron chi connectivity index (χ3n) is 3.53. The Kier molecular flexibility index (Phi) is 3.58. The first kappa shape index (κ1) is 13.6. The van der Waals surface area contributed by atoms with Gasteiger partial charge in [0.15, 0.2) is 5.78 Å². The minimum absolute atomic E-state index is 0.0525. The van der Waals surface area contributed by atoms with Gasteiger partial charge in [0.25, 0.3) is 0 Å². The summed E-state index contributed by atoms with van der Waals surface area (Å²) in [6, 6.07) is 7.58. The molecule has 0 saturated carbocycles. The normalized spacial score (nSPS) is 11.4. The predicted octanol–water partition coefficient (Wildman–Crippen LogP) is 2.48. The second-order valence-corrected chi connectivity index (χ2v) is 5.20. The van der Waals surface area contributed by atoms with Crippen molar-refractivity contribution in [3.05, 3.63) is 54.3 Å². The Balaban J connectivity index is 1.73. The van der Waals surface area contributed by atoms with E-state index in [1.807, 2.05) is 54.0 Å². The second-order valence-electron chi connectivity index (χ2n) is 5.20. The van der Waals surface area contributed by atoms with Gasteiger partial charge in [-0.1, -0.05) is 18.2 Å². The van der Waals surface area contributed by atoms with Gasteiger partial charge in [-0.3, -0.25) is 9.69 Å². The molecule has 0 radical (unpaired) electrons. The van der Waals surface area contributed by atoms with Crippen LogP contribution in [0.2, 0.25) is 0 Å². The van der Waals surface area contributed by atoms with E-state index in [0.717, 1.165) is 16.8 Å². The van der Waals surface area contributed by atoms with E-state index in [0.29, 0.717) is 18.7 Å². The highest BCUT2D eigenvalue weighted by atomic mass is 16.3. The van der Waals surface area contributed by atoms with Gasteiger partial charge in [-0.05, 0) is 13.1 Å². The number of hydrogen-bond donors (Lipinski definition) is 0. The van der Waals surface area contributed by atoms with Crippen LogP contribution < -0.4 is 0 Å². The van der Waals surface area contributed by atoms with Gasteiger partial charge in [-0.2, -0.15) is 0 Å². The molecule has 5 nitrogen and oxygen atoms in total. The Morgan fingerprint density at radius 3 is 2.95 bits per heavy atom. The summed E-state index contributed by atoms with van der Waals surface area (Å²) in [4.78, 5) is 18.6. The maximum Gasteiger partial charge on any atom is 0.180 e. The van der Waals surface area contributed by atoms with E-state index in [4.69, 9.17) is 4.42 Å². The third kappa shape index (κ3) is 2.73. The quantitative estimate of drug-likeness (QED) is 0.675. The molecule has 5 heteroatoms. The summed E-state index contributed by atoms with van der Waals surface area (Å²) in [6.45, 7) is 0.960. The summed E-state index contributed by atoms with van der Waals surface area (Å²) in [5.74, 6) is 0.985. The topological polar surface area (TPSA) is 51.3 Å². The van der Waals surface area contributed by atoms with E-state index in [-0.39, 0.29) is 5.78 Å². The standard InChI is InChI=1S/C16H17N3O2/c1-18(10-16-17-7-8-19(16)2)9-14(20)13-11-21-15-6-4-3-5-12(13)15/h3-8,11H,9-10H2,1-2H3. The molecule has 0 spiro atoms.